The summed E-state index contributed by atoms with van der Waals surface area (Å²) in [5, 5.41) is 7.77. The van der Waals surface area contributed by atoms with Crippen LogP contribution >= 0.6 is 0 Å². The number of hydrogen-bond acceptors (Lipinski definition) is 1. The summed E-state index contributed by atoms with van der Waals surface area (Å²) in [6.07, 6.45) is 0. The van der Waals surface area contributed by atoms with E-state index < -0.39 is 0 Å². The first-order valence-corrected chi connectivity index (χ1v) is 21.3. The van der Waals surface area contributed by atoms with Gasteiger partial charge in [0.05, 0.1) is 22.2 Å². The monoisotopic (exact) mass is 766 g/mol. The third-order valence-corrected chi connectivity index (χ3v) is 14.3. The fourth-order valence-corrected chi connectivity index (χ4v) is 11.5. The maximum atomic E-state index is 2.52. The highest BCUT2D eigenvalue weighted by Gasteiger charge is 2.39. The molecule has 0 bridgehead atoms. The lowest BCUT2D eigenvalue weighted by Crippen LogP contribution is -2.17. The van der Waals surface area contributed by atoms with Gasteiger partial charge in [-0.1, -0.05) is 161 Å². The normalized spacial score (nSPS) is 14.6. The number of benzene rings is 9. The summed E-state index contributed by atoms with van der Waals surface area (Å²) >= 11 is 0. The van der Waals surface area contributed by atoms with Gasteiger partial charge in [-0.05, 0) is 109 Å². The van der Waals surface area contributed by atoms with E-state index in [1.165, 1.54) is 116 Å². The highest BCUT2D eigenvalue weighted by atomic mass is 15.1. The number of fused-ring (bicyclic) bond motifs is 12. The van der Waals surface area contributed by atoms with Crippen LogP contribution in [-0.4, -0.2) is 4.40 Å². The van der Waals surface area contributed by atoms with Crippen LogP contribution in [-0.2, 0) is 10.8 Å². The summed E-state index contributed by atoms with van der Waals surface area (Å²) in [7, 11) is 0. The predicted molar refractivity (Wildman–Crippen MR) is 254 cm³/mol. The molecule has 13 rings (SSSR count). The van der Waals surface area contributed by atoms with Crippen molar-refractivity contribution < 1.29 is 0 Å². The molecule has 0 fully saturated rings. The van der Waals surface area contributed by atoms with Crippen LogP contribution in [0.1, 0.15) is 49.9 Å². The van der Waals surface area contributed by atoms with Gasteiger partial charge in [0.1, 0.15) is 0 Å². The number of rotatable bonds is 4. The molecule has 0 N–H and O–H groups in total. The summed E-state index contributed by atoms with van der Waals surface area (Å²) in [4.78, 5) is 2.52. The van der Waals surface area contributed by atoms with Gasteiger partial charge in [0, 0.05) is 49.3 Å². The Kier molecular flexibility index (Phi) is 6.61. The van der Waals surface area contributed by atoms with Crippen molar-refractivity contribution >= 4 is 65.9 Å². The van der Waals surface area contributed by atoms with Gasteiger partial charge in [-0.15, -0.1) is 0 Å². The predicted octanol–water partition coefficient (Wildman–Crippen LogP) is 15.7. The van der Waals surface area contributed by atoms with Crippen molar-refractivity contribution in [3.8, 4) is 33.4 Å². The molecular formula is C58H42N2. The van der Waals surface area contributed by atoms with E-state index in [4.69, 9.17) is 0 Å². The van der Waals surface area contributed by atoms with Gasteiger partial charge < -0.3 is 9.30 Å². The van der Waals surface area contributed by atoms with Crippen LogP contribution in [0.25, 0.3) is 82.2 Å². The Morgan fingerprint density at radius 2 is 0.933 bits per heavy atom. The molecule has 284 valence electrons. The standard InChI is InChI=1S/C58H42N2/c1-57(2)48-22-10-6-18-44(48)55-49(57)23-14-26-53(55)59(37-31-32-39-38-15-5-9-21-47(38)58(3,4)50(39)33-37)36-29-27-35(28-30-36)45-34-46-41-17-8-12-25-52(41)60-51-24-11-7-16-40(51)42-19-13-20-43(45)54(42)56(46)60/h5-34H,1-4H3. The second kappa shape index (κ2) is 11.7. The van der Waals surface area contributed by atoms with Crippen LogP contribution < -0.4 is 4.90 Å². The maximum Gasteiger partial charge on any atom is 0.0626 e. The molecule has 0 amide bonds. The molecule has 2 aliphatic carbocycles. The molecule has 60 heavy (non-hydrogen) atoms. The third kappa shape index (κ3) is 4.28. The second-order valence-corrected chi connectivity index (χ2v) is 18.1. The molecule has 2 heteroatoms. The Morgan fingerprint density at radius 1 is 0.383 bits per heavy atom. The minimum atomic E-state index is -0.116. The van der Waals surface area contributed by atoms with Crippen molar-refractivity contribution in [1.82, 2.24) is 4.40 Å². The fraction of sp³-hybridized carbons (Fsp3) is 0.103. The van der Waals surface area contributed by atoms with Gasteiger partial charge >= 0.3 is 0 Å². The minimum absolute atomic E-state index is 0.107. The summed E-state index contributed by atoms with van der Waals surface area (Å²) < 4.78 is 2.49. The number of hydrogen-bond donors (Lipinski definition) is 0. The highest BCUT2D eigenvalue weighted by Crippen LogP contribution is 2.56. The molecule has 0 unspecified atom stereocenters. The molecule has 0 atom stereocenters. The number of nitrogens with zero attached hydrogens (tertiary/aromatic N) is 2. The first-order valence-electron chi connectivity index (χ1n) is 21.3. The summed E-state index contributed by atoms with van der Waals surface area (Å²) in [6, 6.07) is 68.5. The molecule has 9 aromatic carbocycles. The van der Waals surface area contributed by atoms with E-state index in [2.05, 4.69) is 219 Å². The highest BCUT2D eigenvalue weighted by molar-refractivity contribution is 6.31. The smallest absolute Gasteiger partial charge is 0.0626 e. The van der Waals surface area contributed by atoms with E-state index >= 15 is 0 Å². The summed E-state index contributed by atoms with van der Waals surface area (Å²) in [5.41, 5.74) is 20.4. The quantitative estimate of drug-likeness (QED) is 0.128. The summed E-state index contributed by atoms with van der Waals surface area (Å²) in [5.74, 6) is 0. The lowest BCUT2D eigenvalue weighted by atomic mass is 9.82. The van der Waals surface area contributed by atoms with Crippen LogP contribution in [0.15, 0.2) is 182 Å². The van der Waals surface area contributed by atoms with Crippen LogP contribution in [0, 0.1) is 0 Å². The summed E-state index contributed by atoms with van der Waals surface area (Å²) in [6.45, 7) is 9.50. The zero-order valence-corrected chi connectivity index (χ0v) is 34.2. The third-order valence-electron chi connectivity index (χ3n) is 14.3. The van der Waals surface area contributed by atoms with Crippen molar-refractivity contribution in [3.63, 3.8) is 0 Å². The Balaban J connectivity index is 1.04. The van der Waals surface area contributed by atoms with E-state index in [0.717, 1.165) is 5.69 Å². The zero-order chi connectivity index (χ0) is 40.1. The van der Waals surface area contributed by atoms with Gasteiger partial charge in [0.2, 0.25) is 0 Å². The average molecular weight is 767 g/mol. The van der Waals surface area contributed by atoms with E-state index in [-0.39, 0.29) is 10.8 Å². The van der Waals surface area contributed by atoms with E-state index in [0.29, 0.717) is 0 Å². The number of anilines is 3. The average Bonchev–Trinajstić information content (AvgIpc) is 3.84. The molecule has 0 radical (unpaired) electrons. The number of para-hydroxylation sites is 2. The van der Waals surface area contributed by atoms with E-state index in [1.54, 1.807) is 0 Å². The molecule has 2 aliphatic rings. The van der Waals surface area contributed by atoms with Gasteiger partial charge in [-0.3, -0.25) is 0 Å². The second-order valence-electron chi connectivity index (χ2n) is 18.1. The molecule has 11 aromatic rings. The SMILES string of the molecule is CC1(C)c2ccccc2-c2ccc(N(c3ccc(-c4cc5c6ccccc6n6c7ccccc7c7cccc4c7c56)cc3)c3cccc4c3-c3ccccc3C4(C)C)cc21. The van der Waals surface area contributed by atoms with Crippen molar-refractivity contribution in [3.05, 3.63) is 204 Å². The van der Waals surface area contributed by atoms with Gasteiger partial charge in [-0.25, -0.2) is 0 Å². The Morgan fingerprint density at radius 3 is 1.70 bits per heavy atom. The minimum Gasteiger partial charge on any atom is -0.310 e. The van der Waals surface area contributed by atoms with Crippen LogP contribution in [0.4, 0.5) is 17.1 Å². The Hall–Kier alpha value is -7.16. The number of aromatic nitrogens is 1. The van der Waals surface area contributed by atoms with Crippen molar-refractivity contribution in [2.75, 3.05) is 4.90 Å². The van der Waals surface area contributed by atoms with Crippen LogP contribution in [0.5, 0.6) is 0 Å². The van der Waals surface area contributed by atoms with Crippen molar-refractivity contribution in [2.24, 2.45) is 0 Å². The van der Waals surface area contributed by atoms with Crippen LogP contribution in [0.3, 0.4) is 0 Å². The van der Waals surface area contributed by atoms with E-state index in [9.17, 15) is 0 Å². The largest absolute Gasteiger partial charge is 0.310 e. The first-order chi connectivity index (χ1) is 29.3. The van der Waals surface area contributed by atoms with E-state index in [1.807, 2.05) is 0 Å². The van der Waals surface area contributed by atoms with Crippen molar-refractivity contribution in [1.29, 1.82) is 0 Å². The fourth-order valence-electron chi connectivity index (χ4n) is 11.5. The molecule has 2 nitrogen and oxygen atoms in total. The Bertz CT molecular complexity index is 3590. The molecule has 2 aromatic heterocycles. The molecule has 2 heterocycles. The molecule has 0 aliphatic heterocycles. The van der Waals surface area contributed by atoms with Gasteiger partial charge in [-0.2, -0.15) is 0 Å². The molecule has 0 saturated heterocycles. The van der Waals surface area contributed by atoms with Crippen molar-refractivity contribution in [2.45, 2.75) is 38.5 Å². The molecule has 0 saturated carbocycles. The zero-order valence-electron chi connectivity index (χ0n) is 34.2. The molecule has 0 spiro atoms. The van der Waals surface area contributed by atoms with Gasteiger partial charge in [0.25, 0.3) is 0 Å². The number of pyridine rings is 1. The Labute approximate surface area is 349 Å². The van der Waals surface area contributed by atoms with Gasteiger partial charge in [0.15, 0.2) is 0 Å². The van der Waals surface area contributed by atoms with Crippen LogP contribution in [0.2, 0.25) is 0 Å². The maximum absolute atomic E-state index is 2.52. The molecular weight excluding hydrogens is 725 g/mol. The topological polar surface area (TPSA) is 7.65 Å². The lowest BCUT2D eigenvalue weighted by Gasteiger charge is -2.30. The first kappa shape index (κ1) is 33.8. The lowest BCUT2D eigenvalue weighted by molar-refractivity contribution is 0.660.